The van der Waals surface area contributed by atoms with Crippen molar-refractivity contribution in [2.45, 2.75) is 71.1 Å². The van der Waals surface area contributed by atoms with Gasteiger partial charge in [-0.1, -0.05) is 6.92 Å². The molecule has 0 radical (unpaired) electrons. The van der Waals surface area contributed by atoms with Gasteiger partial charge in [0.2, 0.25) is 0 Å². The smallest absolute Gasteiger partial charge is 0.0757 e. The van der Waals surface area contributed by atoms with E-state index in [1.807, 2.05) is 0 Å². The molecule has 1 aliphatic heterocycles. The van der Waals surface area contributed by atoms with Gasteiger partial charge in [-0.3, -0.25) is 4.90 Å². The minimum Gasteiger partial charge on any atom is -0.370 e. The highest BCUT2D eigenvalue weighted by molar-refractivity contribution is 4.83. The van der Waals surface area contributed by atoms with Gasteiger partial charge in [-0.2, -0.15) is 0 Å². The molecule has 3 nitrogen and oxygen atoms in total. The second-order valence-electron chi connectivity index (χ2n) is 7.33. The van der Waals surface area contributed by atoms with E-state index in [9.17, 15) is 0 Å². The van der Waals surface area contributed by atoms with Crippen molar-refractivity contribution in [2.75, 3.05) is 26.2 Å². The lowest BCUT2D eigenvalue weighted by atomic mass is 9.87. The Morgan fingerprint density at radius 2 is 1.84 bits per heavy atom. The van der Waals surface area contributed by atoms with E-state index in [1.165, 1.54) is 25.7 Å². The van der Waals surface area contributed by atoms with Crippen LogP contribution in [0.3, 0.4) is 0 Å². The third-order valence-electron chi connectivity index (χ3n) is 4.52. The molecule has 2 fully saturated rings. The van der Waals surface area contributed by atoms with Gasteiger partial charge in [-0.25, -0.2) is 0 Å². The third kappa shape index (κ3) is 5.05. The summed E-state index contributed by atoms with van der Waals surface area (Å²) < 4.78 is 5.95. The first-order valence-electron chi connectivity index (χ1n) is 8.08. The standard InChI is InChI=1S/C16H32N2O/c1-13-5-7-15(8-6-13)17-9-10-18-11-14(2)19-16(3,4)12-18/h13-15,17H,5-12H2,1-4H3. The van der Waals surface area contributed by atoms with Gasteiger partial charge in [0.05, 0.1) is 11.7 Å². The van der Waals surface area contributed by atoms with Gasteiger partial charge in [-0.05, 0) is 52.4 Å². The van der Waals surface area contributed by atoms with Gasteiger partial charge in [0.15, 0.2) is 0 Å². The maximum absolute atomic E-state index is 5.95. The number of hydrogen-bond acceptors (Lipinski definition) is 3. The molecule has 1 saturated carbocycles. The Balaban J connectivity index is 1.65. The van der Waals surface area contributed by atoms with Gasteiger partial charge >= 0.3 is 0 Å². The van der Waals surface area contributed by atoms with E-state index in [-0.39, 0.29) is 5.60 Å². The summed E-state index contributed by atoms with van der Waals surface area (Å²) in [5.74, 6) is 0.943. The number of nitrogens with one attached hydrogen (secondary N) is 1. The average molecular weight is 268 g/mol. The van der Waals surface area contributed by atoms with Gasteiger partial charge in [0.1, 0.15) is 0 Å². The van der Waals surface area contributed by atoms with Crippen LogP contribution in [0.4, 0.5) is 0 Å². The number of ether oxygens (including phenoxy) is 1. The number of hydrogen-bond donors (Lipinski definition) is 1. The van der Waals surface area contributed by atoms with Crippen molar-refractivity contribution in [2.24, 2.45) is 5.92 Å². The Labute approximate surface area is 119 Å². The summed E-state index contributed by atoms with van der Waals surface area (Å²) in [6, 6.07) is 0.766. The zero-order valence-corrected chi connectivity index (χ0v) is 13.2. The molecule has 1 unspecified atom stereocenters. The lowest BCUT2D eigenvalue weighted by Gasteiger charge is -2.42. The van der Waals surface area contributed by atoms with Gasteiger partial charge in [0.25, 0.3) is 0 Å². The van der Waals surface area contributed by atoms with E-state index in [4.69, 9.17) is 4.74 Å². The summed E-state index contributed by atoms with van der Waals surface area (Å²) >= 11 is 0. The van der Waals surface area contributed by atoms with Crippen LogP contribution in [0, 0.1) is 5.92 Å². The van der Waals surface area contributed by atoms with Crippen LogP contribution in [0.2, 0.25) is 0 Å². The van der Waals surface area contributed by atoms with E-state index in [2.05, 4.69) is 37.9 Å². The molecule has 0 aromatic rings. The quantitative estimate of drug-likeness (QED) is 0.848. The minimum atomic E-state index is 0.0118. The molecule has 3 heteroatoms. The first-order valence-corrected chi connectivity index (χ1v) is 8.08. The zero-order chi connectivity index (χ0) is 13.9. The first kappa shape index (κ1) is 15.3. The van der Waals surface area contributed by atoms with Crippen molar-refractivity contribution >= 4 is 0 Å². The molecule has 1 heterocycles. The van der Waals surface area contributed by atoms with E-state index < -0.39 is 0 Å². The Morgan fingerprint density at radius 1 is 1.16 bits per heavy atom. The van der Waals surface area contributed by atoms with Gasteiger partial charge in [0, 0.05) is 32.2 Å². The molecular formula is C16H32N2O. The fourth-order valence-corrected chi connectivity index (χ4v) is 3.65. The maximum atomic E-state index is 5.95. The summed E-state index contributed by atoms with van der Waals surface area (Å²) in [6.07, 6.45) is 5.90. The van der Waals surface area contributed by atoms with Crippen molar-refractivity contribution in [1.82, 2.24) is 10.2 Å². The largest absolute Gasteiger partial charge is 0.370 e. The van der Waals surface area contributed by atoms with Crippen LogP contribution in [-0.2, 0) is 4.74 Å². The molecule has 0 spiro atoms. The minimum absolute atomic E-state index is 0.0118. The van der Waals surface area contributed by atoms with Crippen LogP contribution >= 0.6 is 0 Å². The predicted molar refractivity (Wildman–Crippen MR) is 80.5 cm³/mol. The van der Waals surface area contributed by atoms with Crippen LogP contribution in [0.15, 0.2) is 0 Å². The molecule has 1 atom stereocenters. The molecule has 1 N–H and O–H groups in total. The Hall–Kier alpha value is -0.120. The topological polar surface area (TPSA) is 24.5 Å². The van der Waals surface area contributed by atoms with Crippen molar-refractivity contribution in [3.63, 3.8) is 0 Å². The summed E-state index contributed by atoms with van der Waals surface area (Å²) in [7, 11) is 0. The second-order valence-corrected chi connectivity index (χ2v) is 7.33. The van der Waals surface area contributed by atoms with Crippen LogP contribution in [-0.4, -0.2) is 48.8 Å². The maximum Gasteiger partial charge on any atom is 0.0757 e. The van der Waals surface area contributed by atoms with Crippen LogP contribution < -0.4 is 5.32 Å². The normalized spacial score (nSPS) is 36.3. The monoisotopic (exact) mass is 268 g/mol. The van der Waals surface area contributed by atoms with E-state index in [0.717, 1.165) is 38.1 Å². The molecule has 0 aromatic heterocycles. The summed E-state index contributed by atoms with van der Waals surface area (Å²) in [5.41, 5.74) is 0.0118. The van der Waals surface area contributed by atoms with E-state index in [1.54, 1.807) is 0 Å². The van der Waals surface area contributed by atoms with Crippen LogP contribution in [0.1, 0.15) is 53.4 Å². The Morgan fingerprint density at radius 3 is 2.47 bits per heavy atom. The number of rotatable bonds is 4. The fraction of sp³-hybridized carbons (Fsp3) is 1.00. The van der Waals surface area contributed by atoms with Gasteiger partial charge < -0.3 is 10.1 Å². The summed E-state index contributed by atoms with van der Waals surface area (Å²) in [6.45, 7) is 13.4. The molecule has 0 amide bonds. The first-order chi connectivity index (χ1) is 8.94. The molecule has 1 saturated heterocycles. The zero-order valence-electron chi connectivity index (χ0n) is 13.2. The number of morpholine rings is 1. The molecule has 2 aliphatic rings. The van der Waals surface area contributed by atoms with Crippen molar-refractivity contribution < 1.29 is 4.74 Å². The van der Waals surface area contributed by atoms with Crippen LogP contribution in [0.5, 0.6) is 0 Å². The average Bonchev–Trinajstić information content (AvgIpc) is 2.29. The lowest BCUT2D eigenvalue weighted by molar-refractivity contribution is -0.128. The molecule has 0 bridgehead atoms. The number of nitrogens with zero attached hydrogens (tertiary/aromatic N) is 1. The molecular weight excluding hydrogens is 236 g/mol. The highest BCUT2D eigenvalue weighted by atomic mass is 16.5. The molecule has 2 rings (SSSR count). The Bertz CT molecular complexity index is 272. The third-order valence-corrected chi connectivity index (χ3v) is 4.52. The molecule has 19 heavy (non-hydrogen) atoms. The SMILES string of the molecule is CC1CCC(NCCN2CC(C)OC(C)(C)C2)CC1. The lowest BCUT2D eigenvalue weighted by Crippen LogP contribution is -2.53. The molecule has 1 aliphatic carbocycles. The van der Waals surface area contributed by atoms with Crippen LogP contribution in [0.25, 0.3) is 0 Å². The Kier molecular flexibility index (Phi) is 5.27. The highest BCUT2D eigenvalue weighted by Gasteiger charge is 2.30. The van der Waals surface area contributed by atoms with Gasteiger partial charge in [-0.15, -0.1) is 0 Å². The summed E-state index contributed by atoms with van der Waals surface area (Å²) in [4.78, 5) is 2.55. The van der Waals surface area contributed by atoms with E-state index in [0.29, 0.717) is 6.10 Å². The van der Waals surface area contributed by atoms with Crippen molar-refractivity contribution in [1.29, 1.82) is 0 Å². The predicted octanol–water partition coefficient (Wildman–Crippen LogP) is 2.65. The molecule has 0 aromatic carbocycles. The molecule has 112 valence electrons. The fourth-order valence-electron chi connectivity index (χ4n) is 3.65. The highest BCUT2D eigenvalue weighted by Crippen LogP contribution is 2.23. The summed E-state index contributed by atoms with van der Waals surface area (Å²) in [5, 5.41) is 3.75. The second kappa shape index (κ2) is 6.55. The van der Waals surface area contributed by atoms with Crippen molar-refractivity contribution in [3.05, 3.63) is 0 Å². The van der Waals surface area contributed by atoms with Crippen molar-refractivity contribution in [3.8, 4) is 0 Å². The van der Waals surface area contributed by atoms with E-state index >= 15 is 0 Å².